The Morgan fingerprint density at radius 1 is 1.53 bits per heavy atom. The van der Waals surface area contributed by atoms with E-state index in [9.17, 15) is 18.4 Å². The maximum atomic E-state index is 12.5. The molecule has 2 N–H and O–H groups in total. The summed E-state index contributed by atoms with van der Waals surface area (Å²) in [7, 11) is 0. The number of amides is 1. The van der Waals surface area contributed by atoms with Crippen LogP contribution in [-0.2, 0) is 9.59 Å². The molecule has 1 aliphatic carbocycles. The van der Waals surface area contributed by atoms with Crippen LogP contribution in [-0.4, -0.2) is 28.9 Å². The fourth-order valence-electron chi connectivity index (χ4n) is 1.75. The van der Waals surface area contributed by atoms with Gasteiger partial charge in [0.25, 0.3) is 0 Å². The number of nitrogens with one attached hydrogen (secondary N) is 1. The number of carbonyl (C=O) groups excluding carboxylic acids is 1. The maximum absolute atomic E-state index is 12.5. The summed E-state index contributed by atoms with van der Waals surface area (Å²) in [5, 5.41) is 10.9. The Morgan fingerprint density at radius 2 is 2.07 bits per heavy atom. The summed E-state index contributed by atoms with van der Waals surface area (Å²) in [4.78, 5) is 21.3. The largest absolute Gasteiger partial charge is 0.480 e. The van der Waals surface area contributed by atoms with Crippen molar-refractivity contribution in [3.05, 3.63) is 0 Å². The molecule has 1 aliphatic rings. The van der Waals surface area contributed by atoms with Gasteiger partial charge in [0.05, 0.1) is 0 Å². The van der Waals surface area contributed by atoms with Crippen molar-refractivity contribution in [2.24, 2.45) is 5.92 Å². The van der Waals surface area contributed by atoms with Gasteiger partial charge in [0.2, 0.25) is 11.8 Å². The van der Waals surface area contributed by atoms with Crippen LogP contribution in [0.25, 0.3) is 0 Å². The van der Waals surface area contributed by atoms with Gasteiger partial charge in [0.1, 0.15) is 6.04 Å². The Kier molecular flexibility index (Phi) is 3.26. The Hall–Kier alpha value is -1.20. The van der Waals surface area contributed by atoms with Crippen molar-refractivity contribution >= 4 is 11.9 Å². The van der Waals surface area contributed by atoms with Crippen molar-refractivity contribution in [2.75, 3.05) is 0 Å². The van der Waals surface area contributed by atoms with Gasteiger partial charge in [0.15, 0.2) is 0 Å². The average Bonchev–Trinajstić information content (AvgIpc) is 1.98. The third-order valence-corrected chi connectivity index (χ3v) is 2.42. The van der Waals surface area contributed by atoms with Gasteiger partial charge >= 0.3 is 5.97 Å². The number of halogens is 2. The van der Waals surface area contributed by atoms with Gasteiger partial charge in [-0.25, -0.2) is 13.6 Å². The molecule has 0 saturated heterocycles. The lowest BCUT2D eigenvalue weighted by Crippen LogP contribution is -2.45. The van der Waals surface area contributed by atoms with Crippen molar-refractivity contribution in [2.45, 2.75) is 38.2 Å². The molecule has 0 heterocycles. The zero-order chi connectivity index (χ0) is 11.6. The zero-order valence-electron chi connectivity index (χ0n) is 8.30. The highest BCUT2D eigenvalue weighted by Crippen LogP contribution is 2.44. The standard InChI is InChI=1S/C9H13F2NO3/c1-5(13)12-7(8(14)15)2-6-3-9(10,11)4-6/h6-7H,2-4H2,1H3,(H,12,13)(H,14,15)/t7-/m1/s1. The summed E-state index contributed by atoms with van der Waals surface area (Å²) < 4.78 is 24.9. The van der Waals surface area contributed by atoms with Crippen LogP contribution < -0.4 is 5.32 Å². The minimum absolute atomic E-state index is 0.0739. The molecule has 6 heteroatoms. The van der Waals surface area contributed by atoms with Crippen LogP contribution in [0.2, 0.25) is 0 Å². The molecule has 0 radical (unpaired) electrons. The lowest BCUT2D eigenvalue weighted by atomic mass is 9.77. The van der Waals surface area contributed by atoms with Crippen LogP contribution in [0.5, 0.6) is 0 Å². The second kappa shape index (κ2) is 4.12. The van der Waals surface area contributed by atoms with E-state index in [0.29, 0.717) is 0 Å². The molecule has 1 saturated carbocycles. The highest BCUT2D eigenvalue weighted by Gasteiger charge is 2.46. The Bertz CT molecular complexity index is 273. The molecule has 0 aromatic heterocycles. The SMILES string of the molecule is CC(=O)N[C@H](CC1CC(F)(F)C1)C(=O)O. The molecule has 1 atom stereocenters. The fourth-order valence-corrected chi connectivity index (χ4v) is 1.75. The zero-order valence-corrected chi connectivity index (χ0v) is 8.30. The molecule has 0 bridgehead atoms. The normalized spacial score (nSPS) is 21.5. The molecule has 1 rings (SSSR count). The second-order valence-corrected chi connectivity index (χ2v) is 3.96. The number of carbonyl (C=O) groups is 2. The number of carboxylic acids is 1. The lowest BCUT2D eigenvalue weighted by molar-refractivity contribution is -0.146. The van der Waals surface area contributed by atoms with Gasteiger partial charge in [-0.1, -0.05) is 0 Å². The smallest absolute Gasteiger partial charge is 0.326 e. The van der Waals surface area contributed by atoms with Gasteiger partial charge in [-0.05, 0) is 12.3 Å². The Balaban J connectivity index is 2.40. The number of carboxylic acid groups (broad SMARTS) is 1. The highest BCUT2D eigenvalue weighted by molar-refractivity contribution is 5.82. The van der Waals surface area contributed by atoms with E-state index in [-0.39, 0.29) is 25.2 Å². The van der Waals surface area contributed by atoms with Gasteiger partial charge < -0.3 is 10.4 Å². The van der Waals surface area contributed by atoms with Crippen LogP contribution in [0.15, 0.2) is 0 Å². The first-order valence-corrected chi connectivity index (χ1v) is 4.68. The molecule has 0 unspecified atom stereocenters. The van der Waals surface area contributed by atoms with Crippen molar-refractivity contribution < 1.29 is 23.5 Å². The number of aliphatic carboxylic acids is 1. The van der Waals surface area contributed by atoms with E-state index in [4.69, 9.17) is 5.11 Å². The predicted molar refractivity (Wildman–Crippen MR) is 47.5 cm³/mol. The van der Waals surface area contributed by atoms with Crippen LogP contribution in [0, 0.1) is 5.92 Å². The fraction of sp³-hybridized carbons (Fsp3) is 0.778. The third-order valence-electron chi connectivity index (χ3n) is 2.42. The molecular formula is C9H13F2NO3. The molecule has 15 heavy (non-hydrogen) atoms. The number of alkyl halides is 2. The first-order valence-electron chi connectivity index (χ1n) is 4.68. The van der Waals surface area contributed by atoms with E-state index < -0.39 is 23.8 Å². The predicted octanol–water partition coefficient (Wildman–Crippen LogP) is 1.01. The first-order chi connectivity index (χ1) is 6.80. The van der Waals surface area contributed by atoms with Crippen molar-refractivity contribution in [1.29, 1.82) is 0 Å². The number of hydrogen-bond acceptors (Lipinski definition) is 2. The highest BCUT2D eigenvalue weighted by atomic mass is 19.3. The minimum atomic E-state index is -2.65. The first kappa shape index (κ1) is 11.9. The lowest BCUT2D eigenvalue weighted by Gasteiger charge is -2.36. The topological polar surface area (TPSA) is 66.4 Å². The number of rotatable bonds is 4. The van der Waals surface area contributed by atoms with E-state index >= 15 is 0 Å². The summed E-state index contributed by atoms with van der Waals surface area (Å²) >= 11 is 0. The van der Waals surface area contributed by atoms with Crippen molar-refractivity contribution in [3.8, 4) is 0 Å². The minimum Gasteiger partial charge on any atom is -0.480 e. The van der Waals surface area contributed by atoms with E-state index in [1.54, 1.807) is 0 Å². The van der Waals surface area contributed by atoms with Crippen LogP contribution in [0.3, 0.4) is 0 Å². The molecule has 0 spiro atoms. The van der Waals surface area contributed by atoms with Gasteiger partial charge in [0, 0.05) is 19.8 Å². The van der Waals surface area contributed by atoms with Crippen LogP contribution >= 0.6 is 0 Å². The molecule has 1 fully saturated rings. The quantitative estimate of drug-likeness (QED) is 0.744. The van der Waals surface area contributed by atoms with E-state index in [2.05, 4.69) is 5.32 Å². The monoisotopic (exact) mass is 221 g/mol. The van der Waals surface area contributed by atoms with E-state index in [1.807, 2.05) is 0 Å². The van der Waals surface area contributed by atoms with Crippen LogP contribution in [0.1, 0.15) is 26.2 Å². The summed E-state index contributed by atoms with van der Waals surface area (Å²) in [6.07, 6.45) is -0.489. The molecule has 1 amide bonds. The Morgan fingerprint density at radius 3 is 2.40 bits per heavy atom. The number of hydrogen-bond donors (Lipinski definition) is 2. The molecule has 0 aromatic rings. The van der Waals surface area contributed by atoms with E-state index in [1.165, 1.54) is 6.92 Å². The summed E-state index contributed by atoms with van der Waals surface area (Å²) in [5.74, 6) is -4.61. The van der Waals surface area contributed by atoms with Gasteiger partial charge in [-0.3, -0.25) is 4.79 Å². The molecule has 4 nitrogen and oxygen atoms in total. The van der Waals surface area contributed by atoms with Gasteiger partial charge in [-0.2, -0.15) is 0 Å². The molecule has 86 valence electrons. The molecular weight excluding hydrogens is 208 g/mol. The maximum Gasteiger partial charge on any atom is 0.326 e. The molecule has 0 aliphatic heterocycles. The van der Waals surface area contributed by atoms with Crippen molar-refractivity contribution in [3.63, 3.8) is 0 Å². The van der Waals surface area contributed by atoms with Gasteiger partial charge in [-0.15, -0.1) is 0 Å². The third kappa shape index (κ3) is 3.45. The average molecular weight is 221 g/mol. The molecule has 0 aromatic carbocycles. The van der Waals surface area contributed by atoms with E-state index in [0.717, 1.165) is 0 Å². The Labute approximate surface area is 85.7 Å². The summed E-state index contributed by atoms with van der Waals surface area (Å²) in [6.45, 7) is 1.20. The van der Waals surface area contributed by atoms with Crippen molar-refractivity contribution in [1.82, 2.24) is 5.32 Å². The second-order valence-electron chi connectivity index (χ2n) is 3.96. The summed E-state index contributed by atoms with van der Waals surface area (Å²) in [5.41, 5.74) is 0. The van der Waals surface area contributed by atoms with Crippen LogP contribution in [0.4, 0.5) is 8.78 Å². The summed E-state index contributed by atoms with van der Waals surface area (Å²) in [6, 6.07) is -1.05.